The molecular formula is C19H32N4OSi. The lowest BCUT2D eigenvalue weighted by Crippen LogP contribution is -2.44. The largest absolute Gasteiger partial charge is 0.412 e. The van der Waals surface area contributed by atoms with Crippen molar-refractivity contribution in [2.24, 2.45) is 0 Å². The molecule has 0 radical (unpaired) electrons. The van der Waals surface area contributed by atoms with E-state index in [0.29, 0.717) is 6.10 Å². The van der Waals surface area contributed by atoms with Gasteiger partial charge in [-0.2, -0.15) is 5.10 Å². The fourth-order valence-corrected chi connectivity index (χ4v) is 4.67. The third-order valence-electron chi connectivity index (χ3n) is 5.84. The minimum Gasteiger partial charge on any atom is -0.412 e. The van der Waals surface area contributed by atoms with Crippen molar-refractivity contribution in [3.8, 4) is 0 Å². The first-order chi connectivity index (χ1) is 11.6. The lowest BCUT2D eigenvalue weighted by Gasteiger charge is -2.38. The van der Waals surface area contributed by atoms with Crippen LogP contribution >= 0.6 is 0 Å². The zero-order valence-electron chi connectivity index (χ0n) is 16.5. The fraction of sp³-hybridized carbons (Fsp3) is 0.632. The predicted molar refractivity (Wildman–Crippen MR) is 109 cm³/mol. The molecule has 0 bridgehead atoms. The van der Waals surface area contributed by atoms with Crippen molar-refractivity contribution in [3.05, 3.63) is 18.3 Å². The van der Waals surface area contributed by atoms with Gasteiger partial charge in [0.2, 0.25) is 0 Å². The first kappa shape index (κ1) is 18.3. The van der Waals surface area contributed by atoms with Gasteiger partial charge in [0, 0.05) is 25.0 Å². The molecule has 0 amide bonds. The number of benzene rings is 1. The topological polar surface area (TPSA) is 56.3 Å². The van der Waals surface area contributed by atoms with Crippen LogP contribution in [0.15, 0.2) is 18.3 Å². The number of hydrogen-bond acceptors (Lipinski definition) is 4. The van der Waals surface area contributed by atoms with Gasteiger partial charge in [-0.1, -0.05) is 20.8 Å². The Morgan fingerprint density at radius 1 is 1.32 bits per heavy atom. The van der Waals surface area contributed by atoms with Crippen molar-refractivity contribution in [2.75, 3.05) is 23.7 Å². The number of nitrogens with zero attached hydrogens (tertiary/aromatic N) is 3. The lowest BCUT2D eigenvalue weighted by molar-refractivity contribution is 0.202. The van der Waals surface area contributed by atoms with Crippen LogP contribution in [0.4, 0.5) is 11.4 Å². The van der Waals surface area contributed by atoms with Crippen LogP contribution in [0.5, 0.6) is 0 Å². The SMILES string of the molecule is CCn1ncc2cc(N3CC[C@H](O[Si](C)(C)C(C)(C)C)C3)c(N)cc21. The van der Waals surface area contributed by atoms with Gasteiger partial charge >= 0.3 is 0 Å². The molecule has 6 heteroatoms. The Balaban J connectivity index is 1.78. The number of hydrogen-bond donors (Lipinski definition) is 1. The fourth-order valence-electron chi connectivity index (χ4n) is 3.29. The second kappa shape index (κ2) is 6.32. The van der Waals surface area contributed by atoms with E-state index in [9.17, 15) is 0 Å². The standard InChI is InChI=1S/C19H32N4OSi/c1-7-23-17-11-16(20)18(10-14(17)12-21-23)22-9-8-15(13-22)24-25(5,6)19(2,3)4/h10-12,15H,7-9,13,20H2,1-6H3/t15-/m0/s1. The number of fused-ring (bicyclic) bond motifs is 1. The third-order valence-corrected chi connectivity index (χ3v) is 10.4. The van der Waals surface area contributed by atoms with Crippen LogP contribution in [0.1, 0.15) is 34.1 Å². The van der Waals surface area contributed by atoms with Crippen molar-refractivity contribution < 1.29 is 4.43 Å². The first-order valence-corrected chi connectivity index (χ1v) is 12.2. The summed E-state index contributed by atoms with van der Waals surface area (Å²) >= 11 is 0. The Kier molecular flexibility index (Phi) is 4.62. The molecule has 25 heavy (non-hydrogen) atoms. The van der Waals surface area contributed by atoms with Crippen LogP contribution in [0, 0.1) is 0 Å². The minimum atomic E-state index is -1.73. The normalized spacial score (nSPS) is 19.1. The molecule has 2 N–H and O–H groups in total. The van der Waals surface area contributed by atoms with E-state index in [0.717, 1.165) is 48.3 Å². The quantitative estimate of drug-likeness (QED) is 0.654. The molecule has 1 fully saturated rings. The van der Waals surface area contributed by atoms with Crippen molar-refractivity contribution in [1.29, 1.82) is 0 Å². The summed E-state index contributed by atoms with van der Waals surface area (Å²) in [4.78, 5) is 2.37. The highest BCUT2D eigenvalue weighted by Gasteiger charge is 2.40. The maximum Gasteiger partial charge on any atom is 0.192 e. The van der Waals surface area contributed by atoms with E-state index in [-0.39, 0.29) is 5.04 Å². The van der Waals surface area contributed by atoms with E-state index in [4.69, 9.17) is 10.2 Å². The zero-order chi connectivity index (χ0) is 18.4. The van der Waals surface area contributed by atoms with Crippen molar-refractivity contribution in [2.45, 2.75) is 64.9 Å². The molecule has 2 heterocycles. The number of aryl methyl sites for hydroxylation is 1. The van der Waals surface area contributed by atoms with Crippen LogP contribution in [0.3, 0.4) is 0 Å². The molecule has 1 saturated heterocycles. The van der Waals surface area contributed by atoms with Gasteiger partial charge in [0.1, 0.15) is 0 Å². The minimum absolute atomic E-state index is 0.243. The number of nitrogen functional groups attached to an aromatic ring is 1. The summed E-state index contributed by atoms with van der Waals surface area (Å²) in [5.74, 6) is 0. The van der Waals surface area contributed by atoms with Crippen molar-refractivity contribution >= 4 is 30.6 Å². The molecule has 0 unspecified atom stereocenters. The van der Waals surface area contributed by atoms with Crippen molar-refractivity contribution in [1.82, 2.24) is 9.78 Å². The van der Waals surface area contributed by atoms with Gasteiger partial charge in [0.05, 0.1) is 29.2 Å². The Hall–Kier alpha value is -1.53. The maximum absolute atomic E-state index is 6.60. The number of anilines is 2. The molecule has 5 nitrogen and oxygen atoms in total. The summed E-state index contributed by atoms with van der Waals surface area (Å²) < 4.78 is 8.59. The average Bonchev–Trinajstić information content (AvgIpc) is 3.11. The molecule has 1 atom stereocenters. The monoisotopic (exact) mass is 360 g/mol. The van der Waals surface area contributed by atoms with Gasteiger partial charge in [-0.25, -0.2) is 0 Å². The predicted octanol–water partition coefficient (Wildman–Crippen LogP) is 4.24. The van der Waals surface area contributed by atoms with E-state index in [1.54, 1.807) is 0 Å². The summed E-state index contributed by atoms with van der Waals surface area (Å²) in [5, 5.41) is 5.83. The van der Waals surface area contributed by atoms with Crippen LogP contribution < -0.4 is 10.6 Å². The maximum atomic E-state index is 6.60. The molecule has 2 aromatic rings. The molecular weight excluding hydrogens is 328 g/mol. The molecule has 1 aliphatic heterocycles. The Morgan fingerprint density at radius 3 is 2.68 bits per heavy atom. The molecule has 0 aliphatic carbocycles. The Bertz CT molecular complexity index is 763. The molecule has 1 aliphatic rings. The summed E-state index contributed by atoms with van der Waals surface area (Å²) in [6.07, 6.45) is 3.30. The molecule has 3 rings (SSSR count). The van der Waals surface area contributed by atoms with Crippen LogP contribution in [-0.2, 0) is 11.0 Å². The van der Waals surface area contributed by atoms with Crippen LogP contribution in [-0.4, -0.2) is 37.3 Å². The average molecular weight is 361 g/mol. The molecule has 1 aromatic heterocycles. The smallest absolute Gasteiger partial charge is 0.192 e. The van der Waals surface area contributed by atoms with E-state index in [1.165, 1.54) is 0 Å². The molecule has 138 valence electrons. The highest BCUT2D eigenvalue weighted by atomic mass is 28.4. The number of nitrogens with two attached hydrogens (primary N) is 1. The molecule has 0 spiro atoms. The second-order valence-electron chi connectivity index (χ2n) is 8.67. The summed E-state index contributed by atoms with van der Waals surface area (Å²) in [7, 11) is -1.73. The highest BCUT2D eigenvalue weighted by Crippen LogP contribution is 2.39. The van der Waals surface area contributed by atoms with E-state index >= 15 is 0 Å². The van der Waals surface area contributed by atoms with E-state index < -0.39 is 8.32 Å². The Morgan fingerprint density at radius 2 is 2.04 bits per heavy atom. The van der Waals surface area contributed by atoms with Crippen molar-refractivity contribution in [3.63, 3.8) is 0 Å². The van der Waals surface area contributed by atoms with Crippen LogP contribution in [0.2, 0.25) is 18.1 Å². The zero-order valence-corrected chi connectivity index (χ0v) is 17.5. The van der Waals surface area contributed by atoms with Gasteiger partial charge < -0.3 is 15.1 Å². The van der Waals surface area contributed by atoms with E-state index in [1.807, 2.05) is 10.9 Å². The number of rotatable bonds is 4. The van der Waals surface area contributed by atoms with E-state index in [2.05, 4.69) is 62.9 Å². The van der Waals surface area contributed by atoms with Crippen LogP contribution in [0.25, 0.3) is 10.9 Å². The Labute approximate surface area is 152 Å². The third kappa shape index (κ3) is 3.42. The van der Waals surface area contributed by atoms with Gasteiger partial charge in [0.15, 0.2) is 8.32 Å². The van der Waals surface area contributed by atoms with Gasteiger partial charge in [-0.15, -0.1) is 0 Å². The highest BCUT2D eigenvalue weighted by molar-refractivity contribution is 6.74. The molecule has 0 saturated carbocycles. The summed E-state index contributed by atoms with van der Waals surface area (Å²) in [6, 6.07) is 4.24. The summed E-state index contributed by atoms with van der Waals surface area (Å²) in [5.41, 5.74) is 9.43. The van der Waals surface area contributed by atoms with Gasteiger partial charge in [-0.3, -0.25) is 4.68 Å². The van der Waals surface area contributed by atoms with Gasteiger partial charge in [0.25, 0.3) is 0 Å². The van der Waals surface area contributed by atoms with Gasteiger partial charge in [-0.05, 0) is 43.6 Å². The second-order valence-corrected chi connectivity index (χ2v) is 13.4. The first-order valence-electron chi connectivity index (χ1n) is 9.30. The molecule has 1 aromatic carbocycles. The lowest BCUT2D eigenvalue weighted by atomic mass is 10.2. The number of aromatic nitrogens is 2. The summed E-state index contributed by atoms with van der Waals surface area (Å²) in [6.45, 7) is 16.4.